The summed E-state index contributed by atoms with van der Waals surface area (Å²) in [6.45, 7) is 4.43. The second-order valence-corrected chi connectivity index (χ2v) is 3.08. The number of hydrogen-bond acceptors (Lipinski definition) is 2. The van der Waals surface area contributed by atoms with Gasteiger partial charge < -0.3 is 10.3 Å². The smallest absolute Gasteiger partial charge is 0.186 e. The predicted octanol–water partition coefficient (Wildman–Crippen LogP) is 0.888. The quantitative estimate of drug-likeness (QED) is 0.709. The van der Waals surface area contributed by atoms with E-state index in [1.165, 1.54) is 0 Å². The fraction of sp³-hybridized carbons (Fsp3) is 0.444. The summed E-state index contributed by atoms with van der Waals surface area (Å²) in [5.74, 6) is 0. The van der Waals surface area contributed by atoms with Crippen molar-refractivity contribution in [2.24, 2.45) is 5.73 Å². The van der Waals surface area contributed by atoms with Gasteiger partial charge in [-0.25, -0.2) is 0 Å². The minimum Gasteiger partial charge on any atom is -0.351 e. The van der Waals surface area contributed by atoms with E-state index in [-0.39, 0.29) is 5.43 Å². The Bertz CT molecular complexity index is 315. The molecule has 2 N–H and O–H groups in total. The fourth-order valence-corrected chi connectivity index (χ4v) is 1.02. The highest BCUT2D eigenvalue weighted by atomic mass is 16.1. The molecule has 1 aromatic rings. The summed E-state index contributed by atoms with van der Waals surface area (Å²) in [7, 11) is 0. The van der Waals surface area contributed by atoms with E-state index in [4.69, 9.17) is 5.73 Å². The van der Waals surface area contributed by atoms with Gasteiger partial charge in [-0.15, -0.1) is 0 Å². The molecule has 0 bridgehead atoms. The number of hydrogen-bond donors (Lipinski definition) is 1. The van der Waals surface area contributed by atoms with Crippen molar-refractivity contribution in [1.29, 1.82) is 0 Å². The molecule has 0 unspecified atom stereocenters. The number of nitrogens with two attached hydrogens (primary N) is 1. The first-order valence-corrected chi connectivity index (χ1v) is 4.06. The third-order valence-electron chi connectivity index (χ3n) is 1.84. The van der Waals surface area contributed by atoms with Gasteiger partial charge in [0.1, 0.15) is 0 Å². The molecule has 1 aromatic heterocycles. The minimum atomic E-state index is 0.0226. The largest absolute Gasteiger partial charge is 0.351 e. The van der Waals surface area contributed by atoms with Crippen LogP contribution in [0.5, 0.6) is 0 Å². The number of rotatable bonds is 2. The molecule has 1 rings (SSSR count). The molecule has 0 atom stereocenters. The molecule has 0 spiro atoms. The Balaban J connectivity index is 3.14. The topological polar surface area (TPSA) is 48.0 Å². The van der Waals surface area contributed by atoms with E-state index in [0.717, 1.165) is 0 Å². The van der Waals surface area contributed by atoms with Gasteiger partial charge in [-0.3, -0.25) is 4.79 Å². The lowest BCUT2D eigenvalue weighted by Crippen LogP contribution is -2.15. The lowest BCUT2D eigenvalue weighted by atomic mass is 10.2. The van der Waals surface area contributed by atoms with Crippen LogP contribution in [0, 0.1) is 0 Å². The molecule has 0 radical (unpaired) electrons. The molecule has 12 heavy (non-hydrogen) atoms. The zero-order valence-corrected chi connectivity index (χ0v) is 7.45. The number of pyridine rings is 1. The molecule has 0 saturated heterocycles. The zero-order chi connectivity index (χ0) is 9.14. The van der Waals surface area contributed by atoms with E-state index in [1.54, 1.807) is 12.3 Å². The second-order valence-electron chi connectivity index (χ2n) is 3.08. The molecule has 3 heteroatoms. The molecule has 0 aliphatic carbocycles. The molecule has 66 valence electrons. The van der Waals surface area contributed by atoms with Crippen LogP contribution in [0.25, 0.3) is 0 Å². The van der Waals surface area contributed by atoms with Crippen LogP contribution in [0.4, 0.5) is 0 Å². The first kappa shape index (κ1) is 9.00. The average molecular weight is 166 g/mol. The Morgan fingerprint density at radius 3 is 2.75 bits per heavy atom. The van der Waals surface area contributed by atoms with E-state index in [1.807, 2.05) is 10.8 Å². The maximum absolute atomic E-state index is 11.1. The van der Waals surface area contributed by atoms with Crippen LogP contribution >= 0.6 is 0 Å². The molecule has 0 aliphatic heterocycles. The summed E-state index contributed by atoms with van der Waals surface area (Å²) in [6.07, 6.45) is 3.60. The van der Waals surface area contributed by atoms with E-state index in [9.17, 15) is 4.79 Å². The van der Waals surface area contributed by atoms with Gasteiger partial charge in [-0.05, 0) is 13.8 Å². The Morgan fingerprint density at radius 1 is 1.58 bits per heavy atom. The highest BCUT2D eigenvalue weighted by Crippen LogP contribution is 2.02. The van der Waals surface area contributed by atoms with Crippen molar-refractivity contribution in [2.45, 2.75) is 26.4 Å². The molecule has 0 aromatic carbocycles. The molecule has 0 amide bonds. The van der Waals surface area contributed by atoms with Crippen molar-refractivity contribution in [3.63, 3.8) is 0 Å². The Kier molecular flexibility index (Phi) is 2.65. The van der Waals surface area contributed by atoms with Crippen LogP contribution in [0.15, 0.2) is 23.3 Å². The van der Waals surface area contributed by atoms with Crippen LogP contribution in [-0.4, -0.2) is 4.57 Å². The Morgan fingerprint density at radius 2 is 2.25 bits per heavy atom. The molecular formula is C9H14N2O. The molecule has 0 aliphatic rings. The van der Waals surface area contributed by atoms with Gasteiger partial charge in [-0.2, -0.15) is 0 Å². The van der Waals surface area contributed by atoms with Crippen LogP contribution in [-0.2, 0) is 6.54 Å². The van der Waals surface area contributed by atoms with Gasteiger partial charge in [0, 0.05) is 36.6 Å². The standard InChI is InChI=1S/C9H14N2O/c1-7(2)11-4-3-9(12)8(5-10)6-11/h3-4,6-7H,5,10H2,1-2H3. The highest BCUT2D eigenvalue weighted by molar-refractivity contribution is 5.10. The lowest BCUT2D eigenvalue weighted by Gasteiger charge is -2.10. The van der Waals surface area contributed by atoms with Crippen molar-refractivity contribution in [1.82, 2.24) is 4.57 Å². The van der Waals surface area contributed by atoms with E-state index >= 15 is 0 Å². The van der Waals surface area contributed by atoms with Crippen molar-refractivity contribution in [3.8, 4) is 0 Å². The van der Waals surface area contributed by atoms with Crippen LogP contribution < -0.4 is 11.2 Å². The highest BCUT2D eigenvalue weighted by Gasteiger charge is 1.99. The van der Waals surface area contributed by atoms with Crippen molar-refractivity contribution < 1.29 is 0 Å². The SMILES string of the molecule is CC(C)n1ccc(=O)c(CN)c1. The van der Waals surface area contributed by atoms with Gasteiger partial charge in [0.15, 0.2) is 5.43 Å². The minimum absolute atomic E-state index is 0.0226. The summed E-state index contributed by atoms with van der Waals surface area (Å²) in [6, 6.07) is 1.93. The summed E-state index contributed by atoms with van der Waals surface area (Å²) in [5.41, 5.74) is 6.10. The lowest BCUT2D eigenvalue weighted by molar-refractivity contribution is 0.591. The van der Waals surface area contributed by atoms with Gasteiger partial charge in [-0.1, -0.05) is 0 Å². The van der Waals surface area contributed by atoms with Crippen molar-refractivity contribution >= 4 is 0 Å². The van der Waals surface area contributed by atoms with Gasteiger partial charge in [0.2, 0.25) is 0 Å². The fourth-order valence-electron chi connectivity index (χ4n) is 1.02. The van der Waals surface area contributed by atoms with E-state index in [2.05, 4.69) is 13.8 Å². The first-order chi connectivity index (χ1) is 5.65. The molecule has 3 nitrogen and oxygen atoms in total. The van der Waals surface area contributed by atoms with Gasteiger partial charge in [0.25, 0.3) is 0 Å². The van der Waals surface area contributed by atoms with E-state index in [0.29, 0.717) is 18.2 Å². The number of aromatic nitrogens is 1. The van der Waals surface area contributed by atoms with Crippen LogP contribution in [0.1, 0.15) is 25.5 Å². The van der Waals surface area contributed by atoms with Crippen LogP contribution in [0.3, 0.4) is 0 Å². The maximum Gasteiger partial charge on any atom is 0.186 e. The van der Waals surface area contributed by atoms with Crippen molar-refractivity contribution in [3.05, 3.63) is 34.2 Å². The predicted molar refractivity (Wildman–Crippen MR) is 49.0 cm³/mol. The average Bonchev–Trinajstić information content (AvgIpc) is 2.05. The third-order valence-corrected chi connectivity index (χ3v) is 1.84. The molecular weight excluding hydrogens is 152 g/mol. The molecule has 0 saturated carbocycles. The molecule has 1 heterocycles. The summed E-state index contributed by atoms with van der Waals surface area (Å²) in [5, 5.41) is 0. The zero-order valence-electron chi connectivity index (χ0n) is 7.45. The van der Waals surface area contributed by atoms with Crippen LogP contribution in [0.2, 0.25) is 0 Å². The van der Waals surface area contributed by atoms with Crippen molar-refractivity contribution in [2.75, 3.05) is 0 Å². The van der Waals surface area contributed by atoms with Gasteiger partial charge >= 0.3 is 0 Å². The summed E-state index contributed by atoms with van der Waals surface area (Å²) >= 11 is 0. The third kappa shape index (κ3) is 1.74. The first-order valence-electron chi connectivity index (χ1n) is 4.06. The monoisotopic (exact) mass is 166 g/mol. The second kappa shape index (κ2) is 3.54. The van der Waals surface area contributed by atoms with Gasteiger partial charge in [0.05, 0.1) is 0 Å². The summed E-state index contributed by atoms with van der Waals surface area (Å²) in [4.78, 5) is 11.1. The summed E-state index contributed by atoms with van der Waals surface area (Å²) < 4.78 is 1.98. The number of nitrogens with zero attached hydrogens (tertiary/aromatic N) is 1. The Labute approximate surface area is 71.8 Å². The normalized spacial score (nSPS) is 10.7. The molecule has 0 fully saturated rings. The Hall–Kier alpha value is -1.09. The maximum atomic E-state index is 11.1. The van der Waals surface area contributed by atoms with E-state index < -0.39 is 0 Å².